The first-order chi connectivity index (χ1) is 9.28. The van der Waals surface area contributed by atoms with Crippen LogP contribution in [0.4, 0.5) is 10.1 Å². The zero-order chi connectivity index (χ0) is 13.5. The maximum absolute atomic E-state index is 12.8. The quantitative estimate of drug-likeness (QED) is 0.438. The molecule has 0 amide bonds. The fourth-order valence-corrected chi connectivity index (χ4v) is 3.27. The normalized spacial score (nSPS) is 17.2. The Labute approximate surface area is 118 Å². The summed E-state index contributed by atoms with van der Waals surface area (Å²) in [6.07, 6.45) is 12.2. The molecular formula is C16H18FNS. The van der Waals surface area contributed by atoms with E-state index in [1.807, 2.05) is 0 Å². The zero-order valence-electron chi connectivity index (χ0n) is 10.9. The highest BCUT2D eigenvalue weighted by Gasteiger charge is 2.14. The van der Waals surface area contributed by atoms with E-state index in [0.29, 0.717) is 10.7 Å². The monoisotopic (exact) mass is 275 g/mol. The minimum atomic E-state index is -0.254. The number of rotatable bonds is 3. The highest BCUT2D eigenvalue weighted by molar-refractivity contribution is 8.14. The zero-order valence-corrected chi connectivity index (χ0v) is 11.8. The average molecular weight is 275 g/mol. The Morgan fingerprint density at radius 2 is 1.95 bits per heavy atom. The van der Waals surface area contributed by atoms with E-state index in [1.54, 1.807) is 23.9 Å². The minimum absolute atomic E-state index is 0.254. The molecule has 1 aromatic rings. The van der Waals surface area contributed by atoms with Crippen molar-refractivity contribution in [3.8, 4) is 12.3 Å². The van der Waals surface area contributed by atoms with Gasteiger partial charge in [-0.25, -0.2) is 9.38 Å². The largest absolute Gasteiger partial charge is 0.233 e. The third-order valence-electron chi connectivity index (χ3n) is 3.36. The lowest BCUT2D eigenvalue weighted by Gasteiger charge is -2.20. The molecule has 0 atom stereocenters. The topological polar surface area (TPSA) is 12.4 Å². The van der Waals surface area contributed by atoms with Gasteiger partial charge >= 0.3 is 0 Å². The number of hydrogen-bond donors (Lipinski definition) is 0. The van der Waals surface area contributed by atoms with E-state index in [1.165, 1.54) is 44.2 Å². The number of hydrogen-bond acceptors (Lipinski definition) is 2. The van der Waals surface area contributed by atoms with Gasteiger partial charge in [-0.3, -0.25) is 0 Å². The minimum Gasteiger partial charge on any atom is -0.233 e. The van der Waals surface area contributed by atoms with Gasteiger partial charge in [0.2, 0.25) is 0 Å². The number of halogens is 1. The molecule has 0 spiro atoms. The van der Waals surface area contributed by atoms with Crippen LogP contribution in [-0.4, -0.2) is 10.8 Å². The molecule has 0 saturated heterocycles. The summed E-state index contributed by atoms with van der Waals surface area (Å²) in [5.74, 6) is 4.19. The predicted molar refractivity (Wildman–Crippen MR) is 81.4 cm³/mol. The van der Waals surface area contributed by atoms with E-state index in [-0.39, 0.29) is 5.82 Å². The molecule has 0 aliphatic heterocycles. The van der Waals surface area contributed by atoms with Gasteiger partial charge in [-0.05, 0) is 48.9 Å². The van der Waals surface area contributed by atoms with Crippen molar-refractivity contribution in [3.05, 3.63) is 30.1 Å². The van der Waals surface area contributed by atoms with E-state index >= 15 is 0 Å². The van der Waals surface area contributed by atoms with Crippen molar-refractivity contribution in [1.82, 2.24) is 0 Å². The van der Waals surface area contributed by atoms with Gasteiger partial charge < -0.3 is 0 Å². The Morgan fingerprint density at radius 3 is 2.58 bits per heavy atom. The predicted octanol–water partition coefficient (Wildman–Crippen LogP) is 4.80. The third-order valence-corrected chi connectivity index (χ3v) is 4.48. The van der Waals surface area contributed by atoms with E-state index in [2.05, 4.69) is 10.9 Å². The second-order valence-electron chi connectivity index (χ2n) is 4.85. The van der Waals surface area contributed by atoms with Gasteiger partial charge in [-0.1, -0.05) is 31.0 Å². The summed E-state index contributed by atoms with van der Waals surface area (Å²) in [5.41, 5.74) is 0.713. The highest BCUT2D eigenvalue weighted by Crippen LogP contribution is 2.27. The van der Waals surface area contributed by atoms with Gasteiger partial charge in [0.1, 0.15) is 10.9 Å². The molecule has 1 aromatic carbocycles. The van der Waals surface area contributed by atoms with Crippen molar-refractivity contribution < 1.29 is 4.39 Å². The molecule has 0 bridgehead atoms. The van der Waals surface area contributed by atoms with Gasteiger partial charge in [0.25, 0.3) is 0 Å². The Kier molecular flexibility index (Phi) is 5.47. The lowest BCUT2D eigenvalue weighted by Crippen LogP contribution is -2.09. The summed E-state index contributed by atoms with van der Waals surface area (Å²) in [4.78, 5) is 4.38. The molecule has 3 heteroatoms. The van der Waals surface area contributed by atoms with Crippen molar-refractivity contribution >= 4 is 22.5 Å². The number of aliphatic imine (C=N–C) groups is 1. The van der Waals surface area contributed by atoms with Crippen LogP contribution in [0.25, 0.3) is 0 Å². The Hall–Kier alpha value is -1.27. The maximum Gasteiger partial charge on any atom is 0.146 e. The molecule has 0 heterocycles. The number of terminal acetylenes is 1. The fourth-order valence-electron chi connectivity index (χ4n) is 2.29. The van der Waals surface area contributed by atoms with Gasteiger partial charge in [0, 0.05) is 5.75 Å². The highest BCUT2D eigenvalue weighted by atomic mass is 32.2. The fraction of sp³-hybridized carbons (Fsp3) is 0.438. The first-order valence-corrected chi connectivity index (χ1v) is 7.70. The number of thioether (sulfide) groups is 1. The van der Waals surface area contributed by atoms with Crippen LogP contribution in [0, 0.1) is 24.1 Å². The molecule has 1 saturated carbocycles. The summed E-state index contributed by atoms with van der Waals surface area (Å²) in [6, 6.07) is 6.10. The molecule has 1 fully saturated rings. The van der Waals surface area contributed by atoms with Crippen molar-refractivity contribution in [1.29, 1.82) is 0 Å². The Morgan fingerprint density at radius 1 is 1.26 bits per heavy atom. The smallest absolute Gasteiger partial charge is 0.146 e. The molecule has 0 radical (unpaired) electrons. The summed E-state index contributed by atoms with van der Waals surface area (Å²) < 4.78 is 12.8. The van der Waals surface area contributed by atoms with Crippen LogP contribution in [0.2, 0.25) is 0 Å². The second kappa shape index (κ2) is 7.35. The molecule has 0 unspecified atom stereocenters. The number of nitrogens with zero attached hydrogens (tertiary/aromatic N) is 1. The first kappa shape index (κ1) is 14.1. The molecule has 2 rings (SSSR count). The summed E-state index contributed by atoms with van der Waals surface area (Å²) in [6.45, 7) is 0. The maximum atomic E-state index is 12.8. The van der Waals surface area contributed by atoms with Crippen LogP contribution in [0.3, 0.4) is 0 Å². The van der Waals surface area contributed by atoms with Gasteiger partial charge in [-0.2, -0.15) is 0 Å². The van der Waals surface area contributed by atoms with Gasteiger partial charge in [-0.15, -0.1) is 6.42 Å². The van der Waals surface area contributed by atoms with E-state index in [0.717, 1.165) is 11.7 Å². The molecule has 1 aliphatic rings. The van der Waals surface area contributed by atoms with Crippen LogP contribution in [0.15, 0.2) is 29.3 Å². The standard InChI is InChI=1S/C16H18FNS/c1-2-16(18-15-10-8-14(17)9-11-15)19-12-13-6-4-3-5-7-13/h1,8-11,13H,3-7,12H2. The first-order valence-electron chi connectivity index (χ1n) is 6.71. The lowest BCUT2D eigenvalue weighted by atomic mass is 9.91. The second-order valence-corrected chi connectivity index (χ2v) is 5.86. The van der Waals surface area contributed by atoms with Crippen LogP contribution in [-0.2, 0) is 0 Å². The SMILES string of the molecule is C#CC(=Nc1ccc(F)cc1)SCC1CCCCC1. The molecule has 1 nitrogen and oxygen atoms in total. The van der Waals surface area contributed by atoms with Gasteiger partial charge in [0.15, 0.2) is 0 Å². The summed E-state index contributed by atoms with van der Waals surface area (Å²) in [7, 11) is 0. The summed E-state index contributed by atoms with van der Waals surface area (Å²) >= 11 is 1.65. The van der Waals surface area contributed by atoms with E-state index in [4.69, 9.17) is 6.42 Å². The van der Waals surface area contributed by atoms with Crippen molar-refractivity contribution in [2.75, 3.05) is 5.75 Å². The average Bonchev–Trinajstić information content (AvgIpc) is 2.46. The van der Waals surface area contributed by atoms with Crippen LogP contribution in [0.5, 0.6) is 0 Å². The summed E-state index contributed by atoms with van der Waals surface area (Å²) in [5, 5.41) is 0.692. The van der Waals surface area contributed by atoms with Crippen molar-refractivity contribution in [2.24, 2.45) is 10.9 Å². The molecule has 0 N–H and O–H groups in total. The van der Waals surface area contributed by atoms with Crippen molar-refractivity contribution in [3.63, 3.8) is 0 Å². The molecule has 100 valence electrons. The molecular weight excluding hydrogens is 257 g/mol. The van der Waals surface area contributed by atoms with E-state index in [9.17, 15) is 4.39 Å². The third kappa shape index (κ3) is 4.72. The van der Waals surface area contributed by atoms with E-state index < -0.39 is 0 Å². The van der Waals surface area contributed by atoms with Crippen LogP contribution >= 0.6 is 11.8 Å². The molecule has 0 aromatic heterocycles. The molecule has 1 aliphatic carbocycles. The Balaban J connectivity index is 1.92. The van der Waals surface area contributed by atoms with Gasteiger partial charge in [0.05, 0.1) is 5.69 Å². The Bertz CT molecular complexity index is 467. The number of benzene rings is 1. The van der Waals surface area contributed by atoms with Crippen molar-refractivity contribution in [2.45, 2.75) is 32.1 Å². The van der Waals surface area contributed by atoms with Crippen LogP contribution in [0.1, 0.15) is 32.1 Å². The van der Waals surface area contributed by atoms with Crippen LogP contribution < -0.4 is 0 Å². The molecule has 19 heavy (non-hydrogen) atoms. The lowest BCUT2D eigenvalue weighted by molar-refractivity contribution is 0.391.